The third-order valence-corrected chi connectivity index (χ3v) is 4.39. The van der Waals surface area contributed by atoms with E-state index in [1.165, 1.54) is 5.56 Å². The number of hydrogen-bond acceptors (Lipinski definition) is 4. The minimum absolute atomic E-state index is 0.119. The number of hydrogen-bond donors (Lipinski definition) is 1. The molecule has 0 spiro atoms. The van der Waals surface area contributed by atoms with Gasteiger partial charge in [-0.2, -0.15) is 5.26 Å². The lowest BCUT2D eigenvalue weighted by Gasteiger charge is -2.50. The highest BCUT2D eigenvalue weighted by atomic mass is 16.5. The summed E-state index contributed by atoms with van der Waals surface area (Å²) < 4.78 is 5.57. The van der Waals surface area contributed by atoms with Crippen molar-refractivity contribution < 1.29 is 4.74 Å². The summed E-state index contributed by atoms with van der Waals surface area (Å²) in [5.41, 5.74) is 6.90. The van der Waals surface area contributed by atoms with Crippen LogP contribution in [-0.4, -0.2) is 36.7 Å². The van der Waals surface area contributed by atoms with Crippen LogP contribution in [0.5, 0.6) is 0 Å². The lowest BCUT2D eigenvalue weighted by atomic mass is 9.71. The largest absolute Gasteiger partial charge is 0.381 e. The predicted octanol–water partition coefficient (Wildman–Crippen LogP) is 0.986. The zero-order valence-corrected chi connectivity index (χ0v) is 11.0. The number of ether oxygens (including phenoxy) is 1. The first-order chi connectivity index (χ1) is 9.22. The quantitative estimate of drug-likeness (QED) is 0.858. The fourth-order valence-electron chi connectivity index (χ4n) is 3.22. The second kappa shape index (κ2) is 4.93. The number of piperidine rings is 1. The van der Waals surface area contributed by atoms with Crippen LogP contribution in [0.25, 0.3) is 0 Å². The molecule has 19 heavy (non-hydrogen) atoms. The smallest absolute Gasteiger partial charge is 0.116 e. The van der Waals surface area contributed by atoms with E-state index in [2.05, 4.69) is 35.2 Å². The second-order valence-electron chi connectivity index (χ2n) is 5.66. The summed E-state index contributed by atoms with van der Waals surface area (Å²) in [7, 11) is 0. The molecule has 2 aliphatic heterocycles. The van der Waals surface area contributed by atoms with Gasteiger partial charge < -0.3 is 10.5 Å². The third kappa shape index (κ3) is 2.25. The lowest BCUT2D eigenvalue weighted by molar-refractivity contribution is -0.0795. The molecular weight excluding hydrogens is 238 g/mol. The van der Waals surface area contributed by atoms with Crippen molar-refractivity contribution in [2.24, 2.45) is 17.6 Å². The summed E-state index contributed by atoms with van der Waals surface area (Å²) in [6.07, 6.45) is 0. The Morgan fingerprint density at radius 2 is 1.89 bits per heavy atom. The molecular formula is C15H19N3O. The molecule has 2 N–H and O–H groups in total. The van der Waals surface area contributed by atoms with Gasteiger partial charge in [0.05, 0.1) is 19.3 Å². The maximum Gasteiger partial charge on any atom is 0.116 e. The Morgan fingerprint density at radius 3 is 2.47 bits per heavy atom. The molecule has 0 saturated carbocycles. The van der Waals surface area contributed by atoms with Gasteiger partial charge in [0.1, 0.15) is 5.54 Å². The Balaban J connectivity index is 1.74. The van der Waals surface area contributed by atoms with Gasteiger partial charge >= 0.3 is 0 Å². The number of rotatable bonds is 2. The monoisotopic (exact) mass is 257 g/mol. The summed E-state index contributed by atoms with van der Waals surface area (Å²) in [4.78, 5) is 2.40. The molecule has 2 atom stereocenters. The molecule has 2 unspecified atom stereocenters. The van der Waals surface area contributed by atoms with Crippen molar-refractivity contribution in [3.05, 3.63) is 35.9 Å². The Hall–Kier alpha value is -1.41. The summed E-state index contributed by atoms with van der Waals surface area (Å²) in [6, 6.07) is 12.8. The molecule has 2 fully saturated rings. The zero-order chi connectivity index (χ0) is 13.3. The van der Waals surface area contributed by atoms with Crippen molar-refractivity contribution in [3.8, 4) is 6.07 Å². The van der Waals surface area contributed by atoms with Crippen LogP contribution in [0.4, 0.5) is 0 Å². The molecule has 0 radical (unpaired) electrons. The molecule has 0 aliphatic carbocycles. The normalized spacial score (nSPS) is 34.7. The Morgan fingerprint density at radius 1 is 1.26 bits per heavy atom. The molecule has 1 aromatic rings. The minimum Gasteiger partial charge on any atom is -0.381 e. The van der Waals surface area contributed by atoms with Gasteiger partial charge in [0.15, 0.2) is 0 Å². The molecule has 100 valence electrons. The van der Waals surface area contributed by atoms with Gasteiger partial charge in [-0.25, -0.2) is 0 Å². The number of benzene rings is 1. The van der Waals surface area contributed by atoms with E-state index in [1.54, 1.807) is 0 Å². The fourth-order valence-corrected chi connectivity index (χ4v) is 3.22. The minimum atomic E-state index is -0.703. The topological polar surface area (TPSA) is 62.3 Å². The van der Waals surface area contributed by atoms with Crippen LogP contribution in [-0.2, 0) is 11.3 Å². The van der Waals surface area contributed by atoms with Crippen LogP contribution in [0.15, 0.2) is 30.3 Å². The fraction of sp³-hybridized carbons (Fsp3) is 0.533. The number of nitrogens with zero attached hydrogens (tertiary/aromatic N) is 2. The average Bonchev–Trinajstić information content (AvgIpc) is 2.41. The van der Waals surface area contributed by atoms with E-state index in [0.29, 0.717) is 13.2 Å². The number of nitrogens with two attached hydrogens (primary N) is 1. The van der Waals surface area contributed by atoms with Gasteiger partial charge in [0, 0.05) is 31.5 Å². The Labute approximate surface area is 113 Å². The molecule has 2 heterocycles. The lowest BCUT2D eigenvalue weighted by Crippen LogP contribution is -2.67. The van der Waals surface area contributed by atoms with Crippen LogP contribution in [0, 0.1) is 23.2 Å². The van der Waals surface area contributed by atoms with Gasteiger partial charge in [0.25, 0.3) is 0 Å². The van der Waals surface area contributed by atoms with Crippen molar-refractivity contribution in [2.45, 2.75) is 12.1 Å². The van der Waals surface area contributed by atoms with E-state index in [1.807, 2.05) is 6.07 Å². The Kier molecular flexibility index (Phi) is 3.28. The van der Waals surface area contributed by atoms with Crippen molar-refractivity contribution in [1.82, 2.24) is 4.90 Å². The van der Waals surface area contributed by atoms with Crippen LogP contribution < -0.4 is 5.73 Å². The summed E-state index contributed by atoms with van der Waals surface area (Å²) in [5.74, 6) is 0.238. The molecule has 2 aliphatic rings. The molecule has 1 aromatic carbocycles. The number of nitriles is 1. The van der Waals surface area contributed by atoms with E-state index in [0.717, 1.165) is 19.6 Å². The van der Waals surface area contributed by atoms with Crippen LogP contribution in [0.3, 0.4) is 0 Å². The summed E-state index contributed by atoms with van der Waals surface area (Å²) in [5, 5.41) is 9.38. The third-order valence-electron chi connectivity index (χ3n) is 4.39. The highest BCUT2D eigenvalue weighted by Gasteiger charge is 2.50. The zero-order valence-electron chi connectivity index (χ0n) is 11.0. The van der Waals surface area contributed by atoms with E-state index in [9.17, 15) is 5.26 Å². The van der Waals surface area contributed by atoms with E-state index in [-0.39, 0.29) is 11.8 Å². The van der Waals surface area contributed by atoms with Gasteiger partial charge in [-0.1, -0.05) is 30.3 Å². The number of likely N-dealkylation sites (tertiary alicyclic amines) is 1. The summed E-state index contributed by atoms with van der Waals surface area (Å²) >= 11 is 0. The van der Waals surface area contributed by atoms with Crippen LogP contribution in [0.1, 0.15) is 5.56 Å². The van der Waals surface area contributed by atoms with Crippen molar-refractivity contribution in [2.75, 3.05) is 26.3 Å². The van der Waals surface area contributed by atoms with Crippen molar-refractivity contribution in [1.29, 1.82) is 5.26 Å². The van der Waals surface area contributed by atoms with Gasteiger partial charge in [-0.15, -0.1) is 0 Å². The van der Waals surface area contributed by atoms with Gasteiger partial charge in [-0.05, 0) is 5.56 Å². The number of fused-ring (bicyclic) bond motifs is 2. The van der Waals surface area contributed by atoms with Crippen LogP contribution >= 0.6 is 0 Å². The van der Waals surface area contributed by atoms with Gasteiger partial charge in [-0.3, -0.25) is 4.90 Å². The van der Waals surface area contributed by atoms with Gasteiger partial charge in [0.2, 0.25) is 0 Å². The molecule has 0 aromatic heterocycles. The van der Waals surface area contributed by atoms with Crippen LogP contribution in [0.2, 0.25) is 0 Å². The summed E-state index contributed by atoms with van der Waals surface area (Å²) in [6.45, 7) is 3.82. The highest BCUT2D eigenvalue weighted by Crippen LogP contribution is 2.35. The molecule has 3 rings (SSSR count). The molecule has 0 amide bonds. The first kappa shape index (κ1) is 12.6. The molecule has 2 saturated heterocycles. The van der Waals surface area contributed by atoms with Crippen molar-refractivity contribution >= 4 is 0 Å². The second-order valence-corrected chi connectivity index (χ2v) is 5.66. The van der Waals surface area contributed by atoms with E-state index in [4.69, 9.17) is 10.5 Å². The molecule has 2 bridgehead atoms. The maximum atomic E-state index is 9.38. The Bertz CT molecular complexity index is 468. The SMILES string of the molecule is N#CC1(N)C2COCC1CN(Cc1ccccc1)C2. The first-order valence-electron chi connectivity index (χ1n) is 6.76. The van der Waals surface area contributed by atoms with E-state index < -0.39 is 5.54 Å². The maximum absolute atomic E-state index is 9.38. The molecule has 4 heteroatoms. The van der Waals surface area contributed by atoms with E-state index >= 15 is 0 Å². The van der Waals surface area contributed by atoms with Crippen molar-refractivity contribution in [3.63, 3.8) is 0 Å². The standard InChI is InChI=1S/C15H19N3O/c16-11-15(17)13-7-18(8-14(15)10-19-9-13)6-12-4-2-1-3-5-12/h1-5,13-14H,6-10,17H2. The predicted molar refractivity (Wildman–Crippen MR) is 72.0 cm³/mol. The first-order valence-corrected chi connectivity index (χ1v) is 6.76. The molecule has 4 nitrogen and oxygen atoms in total. The highest BCUT2D eigenvalue weighted by molar-refractivity contribution is 5.19. The average molecular weight is 257 g/mol.